The van der Waals surface area contributed by atoms with Crippen LogP contribution in [0.1, 0.15) is 5.56 Å². The highest BCUT2D eigenvalue weighted by molar-refractivity contribution is 9.18. The van der Waals surface area contributed by atoms with Crippen LogP contribution in [0.5, 0.6) is 0 Å². The van der Waals surface area contributed by atoms with Gasteiger partial charge in [0, 0.05) is 28.0 Å². The number of carbonyl (C=O) groups is 1. The molecule has 2 nitrogen and oxygen atoms in total. The average molecular weight is 232 g/mol. The molecule has 0 atom stereocenters. The molecule has 0 saturated carbocycles. The van der Waals surface area contributed by atoms with Crippen molar-refractivity contribution in [2.75, 3.05) is 0 Å². The molecule has 0 spiro atoms. The van der Waals surface area contributed by atoms with Gasteiger partial charge in [-0.2, -0.15) is 0 Å². The van der Waals surface area contributed by atoms with E-state index in [2.05, 4.69) is 21.2 Å². The summed E-state index contributed by atoms with van der Waals surface area (Å²) in [6.45, 7) is 0.205. The largest absolute Gasteiger partial charge is 0.342 e. The van der Waals surface area contributed by atoms with E-state index in [9.17, 15) is 9.18 Å². The van der Waals surface area contributed by atoms with E-state index in [1.807, 2.05) is 0 Å². The normalized spacial score (nSPS) is 9.50. The molecule has 0 aliphatic heterocycles. The average Bonchev–Trinajstić information content (AvgIpc) is 2.03. The van der Waals surface area contributed by atoms with Crippen molar-refractivity contribution < 1.29 is 9.18 Å². The summed E-state index contributed by atoms with van der Waals surface area (Å²) in [5.41, 5.74) is 0.477. The predicted molar refractivity (Wildman–Crippen MR) is 47.6 cm³/mol. The first kappa shape index (κ1) is 9.19. The van der Waals surface area contributed by atoms with Crippen molar-refractivity contribution in [3.8, 4) is 0 Å². The summed E-state index contributed by atoms with van der Waals surface area (Å²) in [5.74, 6) is -0.307. The fourth-order valence-corrected chi connectivity index (χ4v) is 0.947. The first-order chi connectivity index (χ1) is 5.70. The van der Waals surface area contributed by atoms with E-state index in [-0.39, 0.29) is 17.2 Å². The third kappa shape index (κ3) is 2.62. The summed E-state index contributed by atoms with van der Waals surface area (Å²) in [6.07, 6.45) is 0. The Balaban J connectivity index is 2.63. The van der Waals surface area contributed by atoms with Gasteiger partial charge < -0.3 is 5.32 Å². The fourth-order valence-electron chi connectivity index (χ4n) is 0.806. The summed E-state index contributed by atoms with van der Waals surface area (Å²) in [5, 5.41) is 2.44. The van der Waals surface area contributed by atoms with Crippen molar-refractivity contribution in [3.05, 3.63) is 35.6 Å². The van der Waals surface area contributed by atoms with Crippen LogP contribution < -0.4 is 5.32 Å². The van der Waals surface area contributed by atoms with Crippen LogP contribution in [0.4, 0.5) is 9.18 Å². The molecule has 12 heavy (non-hydrogen) atoms. The van der Waals surface area contributed by atoms with E-state index in [1.54, 1.807) is 18.2 Å². The first-order valence-corrected chi connectivity index (χ1v) is 4.16. The summed E-state index contributed by atoms with van der Waals surface area (Å²) in [7, 11) is 0. The summed E-state index contributed by atoms with van der Waals surface area (Å²) in [4.78, 5) is 10.1. The van der Waals surface area contributed by atoms with Crippen LogP contribution in [-0.4, -0.2) is 4.82 Å². The Morgan fingerprint density at radius 3 is 2.75 bits per heavy atom. The highest BCUT2D eigenvalue weighted by atomic mass is 79.9. The molecule has 1 amide bonds. The Labute approximate surface area is 77.9 Å². The topological polar surface area (TPSA) is 29.1 Å². The van der Waals surface area contributed by atoms with Crippen molar-refractivity contribution in [3.63, 3.8) is 0 Å². The van der Waals surface area contributed by atoms with Crippen LogP contribution in [0.15, 0.2) is 24.3 Å². The van der Waals surface area contributed by atoms with Gasteiger partial charge in [-0.15, -0.1) is 0 Å². The van der Waals surface area contributed by atoms with Crippen molar-refractivity contribution in [2.45, 2.75) is 6.54 Å². The number of hydrogen-bond acceptors (Lipinski definition) is 1. The molecule has 0 heterocycles. The van der Waals surface area contributed by atoms with Gasteiger partial charge in [-0.05, 0) is 6.07 Å². The molecule has 0 bridgehead atoms. The standard InChI is InChI=1S/C8H7BrFNO/c9-8(12)11-5-6-3-1-2-4-7(6)10/h1-4H,5H2,(H,11,12). The zero-order chi connectivity index (χ0) is 8.97. The molecule has 0 aliphatic rings. The molecule has 1 N–H and O–H groups in total. The molecule has 4 heteroatoms. The number of benzene rings is 1. The number of carbonyl (C=O) groups excluding carboxylic acids is 1. The van der Waals surface area contributed by atoms with Crippen LogP contribution in [-0.2, 0) is 6.54 Å². The SMILES string of the molecule is O=C(Br)NCc1ccccc1F. The van der Waals surface area contributed by atoms with Crippen molar-refractivity contribution >= 4 is 20.7 Å². The van der Waals surface area contributed by atoms with Crippen molar-refractivity contribution in [1.82, 2.24) is 5.32 Å². The molecule has 0 fully saturated rings. The molecule has 64 valence electrons. The number of amides is 1. The number of nitrogens with one attached hydrogen (secondary N) is 1. The van der Waals surface area contributed by atoms with Gasteiger partial charge >= 0.3 is 0 Å². The second kappa shape index (κ2) is 4.21. The minimum atomic E-state index is -0.342. The van der Waals surface area contributed by atoms with E-state index in [4.69, 9.17) is 0 Å². The van der Waals surface area contributed by atoms with Crippen LogP contribution in [0.2, 0.25) is 0 Å². The van der Waals surface area contributed by atoms with Crippen molar-refractivity contribution in [2.24, 2.45) is 0 Å². The Morgan fingerprint density at radius 2 is 2.17 bits per heavy atom. The second-order valence-corrected chi connectivity index (χ2v) is 2.94. The smallest absolute Gasteiger partial charge is 0.287 e. The second-order valence-electron chi connectivity index (χ2n) is 2.22. The Morgan fingerprint density at radius 1 is 1.50 bits per heavy atom. The third-order valence-corrected chi connectivity index (χ3v) is 1.66. The van der Waals surface area contributed by atoms with E-state index in [0.29, 0.717) is 5.56 Å². The highest BCUT2D eigenvalue weighted by Crippen LogP contribution is 2.05. The lowest BCUT2D eigenvalue weighted by molar-refractivity contribution is 0.261. The molecule has 0 aromatic heterocycles. The molecule has 0 unspecified atom stereocenters. The van der Waals surface area contributed by atoms with Crippen molar-refractivity contribution in [1.29, 1.82) is 0 Å². The first-order valence-electron chi connectivity index (χ1n) is 3.37. The zero-order valence-corrected chi connectivity index (χ0v) is 7.77. The maximum absolute atomic E-state index is 12.9. The van der Waals surface area contributed by atoms with Gasteiger partial charge in [0.15, 0.2) is 0 Å². The molecule has 0 aliphatic carbocycles. The number of rotatable bonds is 2. The molecule has 1 aromatic carbocycles. The van der Waals surface area contributed by atoms with Gasteiger partial charge in [-0.25, -0.2) is 4.39 Å². The van der Waals surface area contributed by atoms with E-state index in [0.717, 1.165) is 0 Å². The van der Waals surface area contributed by atoms with Crippen LogP contribution in [0.25, 0.3) is 0 Å². The van der Waals surface area contributed by atoms with Crippen LogP contribution >= 0.6 is 15.9 Å². The zero-order valence-electron chi connectivity index (χ0n) is 6.18. The molecule has 0 radical (unpaired) electrons. The van der Waals surface area contributed by atoms with Crippen LogP contribution in [0.3, 0.4) is 0 Å². The van der Waals surface area contributed by atoms with Crippen LogP contribution in [0, 0.1) is 5.82 Å². The van der Waals surface area contributed by atoms with Gasteiger partial charge in [0.05, 0.1) is 0 Å². The van der Waals surface area contributed by atoms with Gasteiger partial charge in [-0.3, -0.25) is 4.79 Å². The van der Waals surface area contributed by atoms with E-state index in [1.165, 1.54) is 6.07 Å². The molecular weight excluding hydrogens is 225 g/mol. The fraction of sp³-hybridized carbons (Fsp3) is 0.125. The van der Waals surface area contributed by atoms with Gasteiger partial charge in [0.25, 0.3) is 4.82 Å². The maximum atomic E-state index is 12.9. The van der Waals surface area contributed by atoms with Gasteiger partial charge in [-0.1, -0.05) is 18.2 Å². The minimum absolute atomic E-state index is 0.205. The molecule has 0 saturated heterocycles. The Bertz CT molecular complexity index is 290. The molecule has 1 rings (SSSR count). The summed E-state index contributed by atoms with van der Waals surface area (Å²) in [6, 6.07) is 6.31. The van der Waals surface area contributed by atoms with E-state index < -0.39 is 0 Å². The quantitative estimate of drug-likeness (QED) is 0.615. The van der Waals surface area contributed by atoms with Gasteiger partial charge in [0.2, 0.25) is 0 Å². The third-order valence-electron chi connectivity index (χ3n) is 1.38. The lowest BCUT2D eigenvalue weighted by Crippen LogP contribution is -2.15. The summed E-state index contributed by atoms with van der Waals surface area (Å²) >= 11 is 2.68. The lowest BCUT2D eigenvalue weighted by Gasteiger charge is -2.01. The molecular formula is C8H7BrFNO. The number of halogens is 2. The minimum Gasteiger partial charge on any atom is -0.342 e. The maximum Gasteiger partial charge on any atom is 0.287 e. The predicted octanol–water partition coefficient (Wildman–Crippen LogP) is 2.43. The highest BCUT2D eigenvalue weighted by Gasteiger charge is 2.00. The monoisotopic (exact) mass is 231 g/mol. The lowest BCUT2D eigenvalue weighted by atomic mass is 10.2. The Hall–Kier alpha value is -0.900. The molecule has 1 aromatic rings. The number of hydrogen-bond donors (Lipinski definition) is 1. The van der Waals surface area contributed by atoms with Gasteiger partial charge in [0.1, 0.15) is 5.82 Å². The Kier molecular flexibility index (Phi) is 3.22. The summed E-state index contributed by atoms with van der Waals surface area (Å²) < 4.78 is 12.9. The van der Waals surface area contributed by atoms with E-state index >= 15 is 0 Å².